The number of hydrogen-bond donors (Lipinski definition) is 0. The zero-order chi connectivity index (χ0) is 36.0. The lowest BCUT2D eigenvalue weighted by Crippen LogP contribution is -1.98. The Bertz CT molecular complexity index is 3320. The predicted octanol–water partition coefficient (Wildman–Crippen LogP) is 14.1. The number of aromatic nitrogens is 2. The van der Waals surface area contributed by atoms with Gasteiger partial charge in [0.1, 0.15) is 11.5 Å². The molecule has 11 aromatic rings. The molecule has 0 amide bonds. The third-order valence-corrected chi connectivity index (χ3v) is 11.5. The molecule has 0 N–H and O–H groups in total. The van der Waals surface area contributed by atoms with Gasteiger partial charge in [-0.1, -0.05) is 133 Å². The van der Waals surface area contributed by atoms with Crippen LogP contribution in [-0.2, 0) is 0 Å². The Morgan fingerprint density at radius 1 is 0.291 bits per heavy atom. The molecule has 0 radical (unpaired) electrons. The number of rotatable bonds is 4. The molecule has 3 heterocycles. The molecule has 55 heavy (non-hydrogen) atoms. The van der Waals surface area contributed by atoms with Crippen LogP contribution in [0.4, 0.5) is 0 Å². The largest absolute Gasteiger partial charge is 0.456 e. The normalized spacial score (nSPS) is 12.1. The van der Waals surface area contributed by atoms with Gasteiger partial charge >= 0.3 is 0 Å². The molecule has 12 rings (SSSR count). The molecule has 0 spiro atoms. The van der Waals surface area contributed by atoms with Gasteiger partial charge in [0.25, 0.3) is 0 Å². The van der Waals surface area contributed by atoms with Gasteiger partial charge in [0, 0.05) is 49.9 Å². The first-order valence-corrected chi connectivity index (χ1v) is 18.8. The van der Waals surface area contributed by atoms with Crippen molar-refractivity contribution in [1.29, 1.82) is 0 Å². The van der Waals surface area contributed by atoms with Crippen molar-refractivity contribution in [1.82, 2.24) is 9.13 Å². The van der Waals surface area contributed by atoms with Gasteiger partial charge in [0.2, 0.25) is 0 Å². The van der Waals surface area contributed by atoms with Crippen molar-refractivity contribution < 1.29 is 4.74 Å². The van der Waals surface area contributed by atoms with Crippen LogP contribution in [0.1, 0.15) is 0 Å². The topological polar surface area (TPSA) is 19.1 Å². The minimum atomic E-state index is 0.896. The van der Waals surface area contributed by atoms with Crippen molar-refractivity contribution in [2.75, 3.05) is 0 Å². The van der Waals surface area contributed by atoms with Crippen molar-refractivity contribution >= 4 is 54.4 Å². The van der Waals surface area contributed by atoms with Gasteiger partial charge < -0.3 is 13.9 Å². The fraction of sp³-hybridized carbons (Fsp3) is 0. The fourth-order valence-corrected chi connectivity index (χ4v) is 9.05. The lowest BCUT2D eigenvalue weighted by atomic mass is 9.92. The van der Waals surface area contributed by atoms with Gasteiger partial charge in [0.15, 0.2) is 0 Å². The number of hydrogen-bond acceptors (Lipinski definition) is 1. The zero-order valence-electron chi connectivity index (χ0n) is 29.8. The van der Waals surface area contributed by atoms with E-state index in [1.54, 1.807) is 0 Å². The maximum absolute atomic E-state index is 6.65. The summed E-state index contributed by atoms with van der Waals surface area (Å²) >= 11 is 0. The van der Waals surface area contributed by atoms with Crippen LogP contribution in [0.2, 0.25) is 0 Å². The monoisotopic (exact) mass is 700 g/mol. The lowest BCUT2D eigenvalue weighted by Gasteiger charge is -2.22. The van der Waals surface area contributed by atoms with Crippen LogP contribution in [0.5, 0.6) is 11.5 Å². The van der Waals surface area contributed by atoms with Crippen molar-refractivity contribution in [3.63, 3.8) is 0 Å². The molecule has 9 aromatic carbocycles. The van der Waals surface area contributed by atoms with Crippen LogP contribution in [-0.4, -0.2) is 9.13 Å². The van der Waals surface area contributed by atoms with E-state index in [-0.39, 0.29) is 0 Å². The second kappa shape index (κ2) is 11.6. The third-order valence-electron chi connectivity index (χ3n) is 11.5. The van der Waals surface area contributed by atoms with Crippen molar-refractivity contribution in [3.05, 3.63) is 194 Å². The summed E-state index contributed by atoms with van der Waals surface area (Å²) < 4.78 is 11.4. The summed E-state index contributed by atoms with van der Waals surface area (Å²) in [6, 6.07) is 70.2. The number of ether oxygens (including phenoxy) is 1. The maximum atomic E-state index is 6.65. The number of nitrogens with zero attached hydrogens (tertiary/aromatic N) is 2. The second-order valence-corrected chi connectivity index (χ2v) is 14.5. The summed E-state index contributed by atoms with van der Waals surface area (Å²) in [5.41, 5.74) is 14.1. The van der Waals surface area contributed by atoms with Gasteiger partial charge in [-0.15, -0.1) is 0 Å². The Balaban J connectivity index is 1.05. The summed E-state index contributed by atoms with van der Waals surface area (Å²) in [4.78, 5) is 0. The van der Waals surface area contributed by atoms with E-state index in [1.807, 2.05) is 6.07 Å². The Morgan fingerprint density at radius 3 is 1.76 bits per heavy atom. The Labute approximate surface area is 317 Å². The van der Waals surface area contributed by atoms with Crippen molar-refractivity contribution in [2.45, 2.75) is 0 Å². The first kappa shape index (κ1) is 30.1. The Kier molecular flexibility index (Phi) is 6.34. The van der Waals surface area contributed by atoms with Gasteiger partial charge in [-0.05, 0) is 87.8 Å². The molecule has 0 aliphatic carbocycles. The summed E-state index contributed by atoms with van der Waals surface area (Å²) in [7, 11) is 0. The molecule has 0 bridgehead atoms. The standard InChI is InChI=1S/C52H32N2O/c1-3-12-33(13-4-1)36-24-28-40-39-16-7-9-20-45(39)53(47(40)31-36)38-26-22-34(23-27-38)35-25-29-46-44(30-35)51-43-19-11-18-42-41-17-8-10-21-49(41)55-50(52(42)43)32-48(51)54(46)37-14-5-2-6-15-37/h1-32H. The molecule has 3 heteroatoms. The average Bonchev–Trinajstić information content (AvgIpc) is 3.76. The van der Waals surface area contributed by atoms with E-state index in [0.717, 1.165) is 39.3 Å². The van der Waals surface area contributed by atoms with Crippen molar-refractivity contribution in [3.8, 4) is 56.3 Å². The molecule has 2 aromatic heterocycles. The molecule has 0 unspecified atom stereocenters. The van der Waals surface area contributed by atoms with Crippen LogP contribution >= 0.6 is 0 Å². The Hall–Kier alpha value is -7.36. The number of fused-ring (bicyclic) bond motifs is 9. The Morgan fingerprint density at radius 2 is 0.891 bits per heavy atom. The smallest absolute Gasteiger partial charge is 0.138 e. The van der Waals surface area contributed by atoms with Crippen LogP contribution in [0.15, 0.2) is 194 Å². The zero-order valence-corrected chi connectivity index (χ0v) is 29.8. The van der Waals surface area contributed by atoms with Crippen LogP contribution in [0.3, 0.4) is 0 Å². The quantitative estimate of drug-likeness (QED) is 0.179. The lowest BCUT2D eigenvalue weighted by molar-refractivity contribution is 0.487. The summed E-state index contributed by atoms with van der Waals surface area (Å²) in [5.74, 6) is 1.79. The average molecular weight is 701 g/mol. The van der Waals surface area contributed by atoms with Crippen LogP contribution in [0, 0.1) is 0 Å². The molecule has 256 valence electrons. The maximum Gasteiger partial charge on any atom is 0.138 e. The van der Waals surface area contributed by atoms with Crippen LogP contribution < -0.4 is 4.74 Å². The van der Waals surface area contributed by atoms with E-state index < -0.39 is 0 Å². The minimum Gasteiger partial charge on any atom is -0.456 e. The third kappa shape index (κ3) is 4.44. The van der Waals surface area contributed by atoms with Gasteiger partial charge in [-0.25, -0.2) is 0 Å². The summed E-state index contributed by atoms with van der Waals surface area (Å²) in [5, 5.41) is 7.34. The molecular weight excluding hydrogens is 669 g/mol. The predicted molar refractivity (Wildman–Crippen MR) is 229 cm³/mol. The van der Waals surface area contributed by atoms with Gasteiger partial charge in [-0.2, -0.15) is 0 Å². The van der Waals surface area contributed by atoms with Crippen LogP contribution in [0.25, 0.3) is 99.1 Å². The van der Waals surface area contributed by atoms with E-state index >= 15 is 0 Å². The first-order valence-electron chi connectivity index (χ1n) is 18.8. The van der Waals surface area contributed by atoms with E-state index in [2.05, 4.69) is 197 Å². The highest BCUT2D eigenvalue weighted by atomic mass is 16.5. The molecule has 1 aliphatic heterocycles. The van der Waals surface area contributed by atoms with E-state index in [0.29, 0.717) is 0 Å². The molecule has 1 aliphatic rings. The summed E-state index contributed by atoms with van der Waals surface area (Å²) in [6.45, 7) is 0. The highest BCUT2D eigenvalue weighted by Gasteiger charge is 2.25. The first-order chi connectivity index (χ1) is 27.3. The van der Waals surface area contributed by atoms with Gasteiger partial charge in [0.05, 0.1) is 22.1 Å². The molecule has 0 fully saturated rings. The molecule has 3 nitrogen and oxygen atoms in total. The SMILES string of the molecule is c1ccc(-c2ccc3c4ccccc4n(-c4ccc(-c5ccc6c(c5)c5c7cccc8c7c(cc5n6-c5ccccc5)Oc5ccccc5-8)cc4)c3c2)cc1. The van der Waals surface area contributed by atoms with E-state index in [9.17, 15) is 0 Å². The summed E-state index contributed by atoms with van der Waals surface area (Å²) in [6.07, 6.45) is 0. The number of para-hydroxylation sites is 3. The minimum absolute atomic E-state index is 0.896. The van der Waals surface area contributed by atoms with Crippen molar-refractivity contribution in [2.24, 2.45) is 0 Å². The molecule has 0 saturated heterocycles. The van der Waals surface area contributed by atoms with E-state index in [4.69, 9.17) is 4.74 Å². The highest BCUT2D eigenvalue weighted by molar-refractivity contribution is 6.25. The fourth-order valence-electron chi connectivity index (χ4n) is 9.05. The van der Waals surface area contributed by atoms with E-state index in [1.165, 1.54) is 71.3 Å². The number of benzene rings is 9. The second-order valence-electron chi connectivity index (χ2n) is 14.5. The molecular formula is C52H32N2O. The molecule has 0 atom stereocenters. The van der Waals surface area contributed by atoms with Gasteiger partial charge in [-0.3, -0.25) is 0 Å². The highest BCUT2D eigenvalue weighted by Crippen LogP contribution is 2.50. The molecule has 0 saturated carbocycles.